The highest BCUT2D eigenvalue weighted by molar-refractivity contribution is 9.09. The van der Waals surface area contributed by atoms with E-state index in [1.54, 1.807) is 19.1 Å². The number of aryl methyl sites for hydroxylation is 1. The minimum absolute atomic E-state index is 0.0358. The van der Waals surface area contributed by atoms with E-state index in [1.807, 2.05) is 0 Å². The number of hydrogen-bond donors (Lipinski definition) is 0. The van der Waals surface area contributed by atoms with Crippen molar-refractivity contribution in [2.75, 3.05) is 12.4 Å². The molecule has 1 rings (SSSR count). The summed E-state index contributed by atoms with van der Waals surface area (Å²) in [6, 6.07) is 4.93. The van der Waals surface area contributed by atoms with Crippen molar-refractivity contribution in [2.24, 2.45) is 0 Å². The minimum Gasteiger partial charge on any atom is -0.469 e. The van der Waals surface area contributed by atoms with Crippen molar-refractivity contribution in [1.82, 2.24) is 0 Å². The zero-order valence-corrected chi connectivity index (χ0v) is 11.8. The first-order chi connectivity index (χ1) is 8.51. The van der Waals surface area contributed by atoms with Crippen LogP contribution in [0.4, 0.5) is 5.69 Å². The third-order valence-electron chi connectivity index (χ3n) is 2.70. The lowest BCUT2D eigenvalue weighted by Gasteiger charge is -2.10. The van der Waals surface area contributed by atoms with Gasteiger partial charge in [-0.15, -0.1) is 0 Å². The number of ether oxygens (including phenoxy) is 1. The molecule has 0 aliphatic rings. The lowest BCUT2D eigenvalue weighted by atomic mass is 9.97. The standard InChI is InChI=1S/C12H14BrNO4/c1-8(12(15)18-2)10-4-3-9(5-6-13)7-11(10)14(16)17/h3-4,7-8H,5-6H2,1-2H3. The predicted octanol–water partition coefficient (Wildman–Crippen LogP) is 2.81. The molecule has 18 heavy (non-hydrogen) atoms. The van der Waals surface area contributed by atoms with Gasteiger partial charge in [0, 0.05) is 17.0 Å². The molecule has 0 aliphatic carbocycles. The number of carbonyl (C=O) groups excluding carboxylic acids is 1. The van der Waals surface area contributed by atoms with E-state index in [0.717, 1.165) is 10.9 Å². The van der Waals surface area contributed by atoms with Crippen LogP contribution in [0.15, 0.2) is 18.2 Å². The van der Waals surface area contributed by atoms with Crippen LogP contribution in [0.5, 0.6) is 0 Å². The Morgan fingerprint density at radius 3 is 2.72 bits per heavy atom. The van der Waals surface area contributed by atoms with Gasteiger partial charge in [-0.25, -0.2) is 0 Å². The van der Waals surface area contributed by atoms with Gasteiger partial charge in [-0.3, -0.25) is 14.9 Å². The van der Waals surface area contributed by atoms with E-state index in [0.29, 0.717) is 12.0 Å². The average Bonchev–Trinajstić information content (AvgIpc) is 2.37. The van der Waals surface area contributed by atoms with Crippen molar-refractivity contribution in [3.63, 3.8) is 0 Å². The van der Waals surface area contributed by atoms with Crippen molar-refractivity contribution < 1.29 is 14.5 Å². The highest BCUT2D eigenvalue weighted by Gasteiger charge is 2.25. The van der Waals surface area contributed by atoms with Gasteiger partial charge in [0.1, 0.15) is 0 Å². The Morgan fingerprint density at radius 1 is 1.56 bits per heavy atom. The number of rotatable bonds is 5. The number of nitro groups is 1. The molecule has 6 heteroatoms. The Bertz CT molecular complexity index is 461. The van der Waals surface area contributed by atoms with Crippen LogP contribution in [0.1, 0.15) is 24.0 Å². The fourth-order valence-electron chi connectivity index (χ4n) is 1.68. The molecule has 5 nitrogen and oxygen atoms in total. The molecule has 0 bridgehead atoms. The molecule has 0 N–H and O–H groups in total. The molecule has 98 valence electrons. The lowest BCUT2D eigenvalue weighted by Crippen LogP contribution is -2.12. The minimum atomic E-state index is -0.645. The Kier molecular flexibility index (Phi) is 5.27. The highest BCUT2D eigenvalue weighted by atomic mass is 79.9. The monoisotopic (exact) mass is 315 g/mol. The molecule has 0 aromatic heterocycles. The molecular weight excluding hydrogens is 302 g/mol. The molecule has 0 fully saturated rings. The van der Waals surface area contributed by atoms with E-state index in [2.05, 4.69) is 20.7 Å². The zero-order chi connectivity index (χ0) is 13.7. The summed E-state index contributed by atoms with van der Waals surface area (Å²) in [5, 5.41) is 11.8. The number of methoxy groups -OCH3 is 1. The van der Waals surface area contributed by atoms with E-state index in [9.17, 15) is 14.9 Å². The van der Waals surface area contributed by atoms with Crippen LogP contribution in [-0.2, 0) is 16.0 Å². The maximum Gasteiger partial charge on any atom is 0.313 e. The molecule has 0 amide bonds. The van der Waals surface area contributed by atoms with Gasteiger partial charge in [0.05, 0.1) is 18.0 Å². The number of carbonyl (C=O) groups is 1. The molecule has 0 saturated heterocycles. The molecular formula is C12H14BrNO4. The van der Waals surface area contributed by atoms with E-state index >= 15 is 0 Å². The van der Waals surface area contributed by atoms with Crippen LogP contribution in [-0.4, -0.2) is 23.3 Å². The summed E-state index contributed by atoms with van der Waals surface area (Å²) < 4.78 is 4.61. The average molecular weight is 316 g/mol. The molecule has 0 heterocycles. The number of benzene rings is 1. The van der Waals surface area contributed by atoms with Crippen molar-refractivity contribution in [2.45, 2.75) is 19.3 Å². The van der Waals surface area contributed by atoms with E-state index in [1.165, 1.54) is 13.2 Å². The summed E-state index contributed by atoms with van der Waals surface area (Å²) in [7, 11) is 1.27. The number of nitro benzene ring substituents is 1. The maximum absolute atomic E-state index is 11.4. The van der Waals surface area contributed by atoms with E-state index < -0.39 is 16.8 Å². The third-order valence-corrected chi connectivity index (χ3v) is 3.09. The zero-order valence-electron chi connectivity index (χ0n) is 10.2. The van der Waals surface area contributed by atoms with Gasteiger partial charge >= 0.3 is 5.97 Å². The Balaban J connectivity index is 3.19. The summed E-state index contributed by atoms with van der Waals surface area (Å²) in [6.45, 7) is 1.60. The number of alkyl halides is 1. The normalized spacial score (nSPS) is 11.9. The van der Waals surface area contributed by atoms with Crippen molar-refractivity contribution in [1.29, 1.82) is 0 Å². The van der Waals surface area contributed by atoms with Gasteiger partial charge in [0.2, 0.25) is 0 Å². The summed E-state index contributed by atoms with van der Waals surface area (Å²) in [6.07, 6.45) is 0.702. The molecule has 0 saturated carbocycles. The van der Waals surface area contributed by atoms with Gasteiger partial charge < -0.3 is 4.74 Å². The van der Waals surface area contributed by atoms with Gasteiger partial charge in [-0.1, -0.05) is 28.1 Å². The van der Waals surface area contributed by atoms with Crippen LogP contribution in [0.25, 0.3) is 0 Å². The highest BCUT2D eigenvalue weighted by Crippen LogP contribution is 2.28. The Morgan fingerprint density at radius 2 is 2.22 bits per heavy atom. The first-order valence-corrected chi connectivity index (χ1v) is 6.54. The predicted molar refractivity (Wildman–Crippen MR) is 71.0 cm³/mol. The lowest BCUT2D eigenvalue weighted by molar-refractivity contribution is -0.385. The third kappa shape index (κ3) is 3.29. The molecule has 0 radical (unpaired) electrons. The number of esters is 1. The second-order valence-electron chi connectivity index (χ2n) is 3.83. The molecule has 1 unspecified atom stereocenters. The van der Waals surface area contributed by atoms with Crippen molar-refractivity contribution in [3.05, 3.63) is 39.4 Å². The van der Waals surface area contributed by atoms with Gasteiger partial charge in [-0.05, 0) is 18.9 Å². The summed E-state index contributed by atoms with van der Waals surface area (Å²) >= 11 is 3.29. The maximum atomic E-state index is 11.4. The Labute approximate surface area is 113 Å². The van der Waals surface area contributed by atoms with Gasteiger partial charge in [0.25, 0.3) is 5.69 Å². The first-order valence-electron chi connectivity index (χ1n) is 5.42. The number of nitrogens with zero attached hydrogens (tertiary/aromatic N) is 1. The van der Waals surface area contributed by atoms with E-state index in [4.69, 9.17) is 0 Å². The van der Waals surface area contributed by atoms with Crippen molar-refractivity contribution in [3.8, 4) is 0 Å². The molecule has 0 spiro atoms. The SMILES string of the molecule is COC(=O)C(C)c1ccc(CCBr)cc1[N+](=O)[O-]. The smallest absolute Gasteiger partial charge is 0.313 e. The number of hydrogen-bond acceptors (Lipinski definition) is 4. The van der Waals surface area contributed by atoms with Gasteiger partial charge in [-0.2, -0.15) is 0 Å². The number of halogens is 1. The van der Waals surface area contributed by atoms with Crippen LogP contribution in [0.2, 0.25) is 0 Å². The van der Waals surface area contributed by atoms with Crippen LogP contribution < -0.4 is 0 Å². The topological polar surface area (TPSA) is 69.4 Å². The molecule has 1 aromatic carbocycles. The summed E-state index contributed by atoms with van der Waals surface area (Å²) in [4.78, 5) is 22.0. The quantitative estimate of drug-likeness (QED) is 0.362. The molecule has 1 atom stereocenters. The second kappa shape index (κ2) is 6.49. The summed E-state index contributed by atoms with van der Waals surface area (Å²) in [5.41, 5.74) is 1.20. The van der Waals surface area contributed by atoms with Crippen LogP contribution in [0.3, 0.4) is 0 Å². The first kappa shape index (κ1) is 14.6. The molecule has 0 aliphatic heterocycles. The van der Waals surface area contributed by atoms with E-state index in [-0.39, 0.29) is 5.69 Å². The fraction of sp³-hybridized carbons (Fsp3) is 0.417. The second-order valence-corrected chi connectivity index (χ2v) is 4.63. The summed E-state index contributed by atoms with van der Waals surface area (Å²) in [5.74, 6) is -1.13. The molecule has 1 aromatic rings. The van der Waals surface area contributed by atoms with Gasteiger partial charge in [0.15, 0.2) is 0 Å². The van der Waals surface area contributed by atoms with Crippen LogP contribution >= 0.6 is 15.9 Å². The van der Waals surface area contributed by atoms with Crippen LogP contribution in [0, 0.1) is 10.1 Å². The fourth-order valence-corrected chi connectivity index (χ4v) is 2.14. The Hall–Kier alpha value is -1.43. The van der Waals surface area contributed by atoms with Crippen molar-refractivity contribution >= 4 is 27.6 Å². The largest absolute Gasteiger partial charge is 0.469 e.